The first-order chi connectivity index (χ1) is 6.48. The standard InChI is InChI=1S/C12H16O2/c1-12(2,3)10-7-9(13)6-8-4-5-14-11(8)10/h6-7,13H,4-5H2,1-3H3. The van der Waals surface area contributed by atoms with E-state index in [1.807, 2.05) is 6.07 Å². The number of hydrogen-bond acceptors (Lipinski definition) is 2. The smallest absolute Gasteiger partial charge is 0.126 e. The van der Waals surface area contributed by atoms with Gasteiger partial charge < -0.3 is 9.84 Å². The average Bonchev–Trinajstić information content (AvgIpc) is 2.47. The average molecular weight is 192 g/mol. The van der Waals surface area contributed by atoms with E-state index in [1.165, 1.54) is 0 Å². The SMILES string of the molecule is CC(C)(C)c1cc(O)cc2c1OCC2. The number of phenolic OH excluding ortho intramolecular Hbond substituents is 1. The molecule has 0 saturated carbocycles. The Morgan fingerprint density at radius 2 is 2.00 bits per heavy atom. The third kappa shape index (κ3) is 1.45. The van der Waals surface area contributed by atoms with E-state index < -0.39 is 0 Å². The minimum absolute atomic E-state index is 0.0210. The van der Waals surface area contributed by atoms with Crippen LogP contribution in [0.25, 0.3) is 0 Å². The highest BCUT2D eigenvalue weighted by atomic mass is 16.5. The maximum atomic E-state index is 9.59. The molecule has 0 unspecified atom stereocenters. The molecule has 1 aliphatic heterocycles. The molecule has 1 aliphatic rings. The summed E-state index contributed by atoms with van der Waals surface area (Å²) in [5.41, 5.74) is 2.26. The predicted octanol–water partition coefficient (Wildman–Crippen LogP) is 2.62. The van der Waals surface area contributed by atoms with Crippen LogP contribution in [0.3, 0.4) is 0 Å². The number of benzene rings is 1. The summed E-state index contributed by atoms with van der Waals surface area (Å²) in [6, 6.07) is 3.61. The molecule has 14 heavy (non-hydrogen) atoms. The zero-order valence-electron chi connectivity index (χ0n) is 8.92. The van der Waals surface area contributed by atoms with Gasteiger partial charge in [-0.15, -0.1) is 0 Å². The molecule has 0 spiro atoms. The maximum Gasteiger partial charge on any atom is 0.126 e. The lowest BCUT2D eigenvalue weighted by Crippen LogP contribution is -2.12. The third-order valence-corrected chi connectivity index (χ3v) is 2.58. The fraction of sp³-hybridized carbons (Fsp3) is 0.500. The quantitative estimate of drug-likeness (QED) is 0.684. The third-order valence-electron chi connectivity index (χ3n) is 2.58. The minimum Gasteiger partial charge on any atom is -0.508 e. The van der Waals surface area contributed by atoms with Gasteiger partial charge in [-0.25, -0.2) is 0 Å². The molecule has 0 atom stereocenters. The topological polar surface area (TPSA) is 29.5 Å². The zero-order chi connectivity index (χ0) is 10.3. The minimum atomic E-state index is 0.0210. The van der Waals surface area contributed by atoms with E-state index in [0.717, 1.165) is 29.9 Å². The lowest BCUT2D eigenvalue weighted by Gasteiger charge is -2.22. The maximum absolute atomic E-state index is 9.59. The second kappa shape index (κ2) is 2.91. The van der Waals surface area contributed by atoms with Gasteiger partial charge in [0.25, 0.3) is 0 Å². The van der Waals surface area contributed by atoms with Gasteiger partial charge in [-0.05, 0) is 17.5 Å². The zero-order valence-corrected chi connectivity index (χ0v) is 8.92. The molecule has 0 aromatic heterocycles. The van der Waals surface area contributed by atoms with Crippen molar-refractivity contribution in [1.29, 1.82) is 0 Å². The highest BCUT2D eigenvalue weighted by Gasteiger charge is 2.25. The Morgan fingerprint density at radius 1 is 1.29 bits per heavy atom. The van der Waals surface area contributed by atoms with Crippen molar-refractivity contribution in [1.82, 2.24) is 0 Å². The van der Waals surface area contributed by atoms with Crippen LogP contribution in [-0.2, 0) is 11.8 Å². The van der Waals surface area contributed by atoms with Crippen LogP contribution >= 0.6 is 0 Å². The predicted molar refractivity (Wildman–Crippen MR) is 56.0 cm³/mol. The lowest BCUT2D eigenvalue weighted by atomic mass is 9.85. The van der Waals surface area contributed by atoms with E-state index in [-0.39, 0.29) is 5.41 Å². The summed E-state index contributed by atoms with van der Waals surface area (Å²) >= 11 is 0. The normalized spacial score (nSPS) is 15.1. The van der Waals surface area contributed by atoms with Gasteiger partial charge in [0.05, 0.1) is 6.61 Å². The van der Waals surface area contributed by atoms with Crippen LogP contribution in [-0.4, -0.2) is 11.7 Å². The number of phenols is 1. The van der Waals surface area contributed by atoms with Gasteiger partial charge in [0.1, 0.15) is 11.5 Å². The number of fused-ring (bicyclic) bond motifs is 1. The molecule has 1 aromatic rings. The molecule has 76 valence electrons. The second-order valence-electron chi connectivity index (χ2n) is 4.83. The van der Waals surface area contributed by atoms with E-state index in [2.05, 4.69) is 20.8 Å². The van der Waals surface area contributed by atoms with Crippen LogP contribution in [0.5, 0.6) is 11.5 Å². The van der Waals surface area contributed by atoms with E-state index in [0.29, 0.717) is 5.75 Å². The summed E-state index contributed by atoms with van der Waals surface area (Å²) in [5.74, 6) is 1.33. The Bertz CT molecular complexity index is 361. The van der Waals surface area contributed by atoms with Crippen molar-refractivity contribution in [2.75, 3.05) is 6.61 Å². The summed E-state index contributed by atoms with van der Waals surface area (Å²) in [6.07, 6.45) is 0.910. The number of ether oxygens (including phenoxy) is 1. The van der Waals surface area contributed by atoms with Crippen LogP contribution < -0.4 is 4.74 Å². The fourth-order valence-corrected chi connectivity index (χ4v) is 1.85. The van der Waals surface area contributed by atoms with Gasteiger partial charge in [-0.2, -0.15) is 0 Å². The Morgan fingerprint density at radius 3 is 2.64 bits per heavy atom. The van der Waals surface area contributed by atoms with Crippen molar-refractivity contribution in [3.05, 3.63) is 23.3 Å². The van der Waals surface area contributed by atoms with Crippen molar-refractivity contribution in [2.24, 2.45) is 0 Å². The molecule has 1 N–H and O–H groups in total. The largest absolute Gasteiger partial charge is 0.508 e. The van der Waals surface area contributed by atoms with Crippen molar-refractivity contribution < 1.29 is 9.84 Å². The molecular formula is C12H16O2. The van der Waals surface area contributed by atoms with Crippen molar-refractivity contribution in [3.63, 3.8) is 0 Å². The van der Waals surface area contributed by atoms with E-state index >= 15 is 0 Å². The van der Waals surface area contributed by atoms with E-state index in [9.17, 15) is 5.11 Å². The van der Waals surface area contributed by atoms with E-state index in [4.69, 9.17) is 4.74 Å². The van der Waals surface area contributed by atoms with Crippen molar-refractivity contribution in [3.8, 4) is 11.5 Å². The number of hydrogen-bond donors (Lipinski definition) is 1. The Balaban J connectivity index is 2.60. The Labute approximate surface area is 84.5 Å². The first kappa shape index (κ1) is 9.38. The van der Waals surface area contributed by atoms with Crippen LogP contribution in [0.4, 0.5) is 0 Å². The summed E-state index contributed by atoms with van der Waals surface area (Å²) < 4.78 is 5.60. The van der Waals surface area contributed by atoms with E-state index in [1.54, 1.807) is 6.07 Å². The molecular weight excluding hydrogens is 176 g/mol. The molecule has 2 nitrogen and oxygen atoms in total. The first-order valence-electron chi connectivity index (χ1n) is 4.97. The fourth-order valence-electron chi connectivity index (χ4n) is 1.85. The van der Waals surface area contributed by atoms with Crippen molar-refractivity contribution in [2.45, 2.75) is 32.6 Å². The summed E-state index contributed by atoms with van der Waals surface area (Å²) in [4.78, 5) is 0. The molecule has 0 amide bonds. The molecule has 1 aromatic carbocycles. The number of rotatable bonds is 0. The molecule has 0 aliphatic carbocycles. The van der Waals surface area contributed by atoms with Crippen LogP contribution in [0, 0.1) is 0 Å². The van der Waals surface area contributed by atoms with Gasteiger partial charge in [-0.3, -0.25) is 0 Å². The molecule has 0 bridgehead atoms. The van der Waals surface area contributed by atoms with Crippen LogP contribution in [0.15, 0.2) is 12.1 Å². The Hall–Kier alpha value is -1.18. The van der Waals surface area contributed by atoms with Gasteiger partial charge in [-0.1, -0.05) is 20.8 Å². The number of aromatic hydroxyl groups is 1. The van der Waals surface area contributed by atoms with Crippen LogP contribution in [0.1, 0.15) is 31.9 Å². The summed E-state index contributed by atoms with van der Waals surface area (Å²) in [6.45, 7) is 7.12. The molecule has 0 saturated heterocycles. The summed E-state index contributed by atoms with van der Waals surface area (Å²) in [7, 11) is 0. The van der Waals surface area contributed by atoms with Gasteiger partial charge in [0.15, 0.2) is 0 Å². The lowest BCUT2D eigenvalue weighted by molar-refractivity contribution is 0.346. The van der Waals surface area contributed by atoms with Crippen LogP contribution in [0.2, 0.25) is 0 Å². The van der Waals surface area contributed by atoms with Gasteiger partial charge in [0.2, 0.25) is 0 Å². The molecule has 0 radical (unpaired) electrons. The molecule has 2 heteroatoms. The summed E-state index contributed by atoms with van der Waals surface area (Å²) in [5, 5.41) is 9.59. The highest BCUT2D eigenvalue weighted by Crippen LogP contribution is 2.39. The second-order valence-corrected chi connectivity index (χ2v) is 4.83. The molecule has 0 fully saturated rings. The Kier molecular flexibility index (Phi) is 1.95. The van der Waals surface area contributed by atoms with Gasteiger partial charge in [0, 0.05) is 17.5 Å². The van der Waals surface area contributed by atoms with Gasteiger partial charge >= 0.3 is 0 Å². The van der Waals surface area contributed by atoms with Crippen molar-refractivity contribution >= 4 is 0 Å². The molecule has 2 rings (SSSR count). The first-order valence-corrected chi connectivity index (χ1v) is 4.97. The highest BCUT2D eigenvalue weighted by molar-refractivity contribution is 5.51. The monoisotopic (exact) mass is 192 g/mol. The molecule has 1 heterocycles.